The third-order valence-corrected chi connectivity index (χ3v) is 4.02. The van der Waals surface area contributed by atoms with Gasteiger partial charge in [-0.3, -0.25) is 9.59 Å². The molecule has 2 rings (SSSR count). The van der Waals surface area contributed by atoms with Gasteiger partial charge in [-0.15, -0.1) is 0 Å². The minimum atomic E-state index is -4.38. The summed E-state index contributed by atoms with van der Waals surface area (Å²) >= 11 is 0. The summed E-state index contributed by atoms with van der Waals surface area (Å²) in [4.78, 5) is 23.4. The van der Waals surface area contributed by atoms with Crippen LogP contribution in [0.15, 0.2) is 24.3 Å². The number of hydrogen-bond donors (Lipinski definition) is 2. The molecule has 8 heteroatoms. The number of nitrogens with one attached hydrogen (secondary N) is 2. The molecule has 1 fully saturated rings. The predicted octanol–water partition coefficient (Wildman–Crippen LogP) is 2.51. The molecule has 25 heavy (non-hydrogen) atoms. The van der Waals surface area contributed by atoms with Crippen LogP contribution in [-0.2, 0) is 15.8 Å². The van der Waals surface area contributed by atoms with Crippen molar-refractivity contribution in [3.05, 3.63) is 29.8 Å². The molecule has 0 aliphatic heterocycles. The van der Waals surface area contributed by atoms with Crippen molar-refractivity contribution in [1.82, 2.24) is 10.6 Å². The summed E-state index contributed by atoms with van der Waals surface area (Å²) in [6.07, 6.45) is -0.546. The van der Waals surface area contributed by atoms with Gasteiger partial charge < -0.3 is 15.4 Å². The molecule has 2 amide bonds. The van der Waals surface area contributed by atoms with Crippen molar-refractivity contribution in [2.75, 3.05) is 19.7 Å². The van der Waals surface area contributed by atoms with Gasteiger partial charge in [-0.1, -0.05) is 12.8 Å². The van der Waals surface area contributed by atoms with E-state index in [1.807, 2.05) is 0 Å². The Kier molecular flexibility index (Phi) is 6.66. The average molecular weight is 358 g/mol. The predicted molar refractivity (Wildman–Crippen MR) is 84.9 cm³/mol. The molecule has 0 heterocycles. The lowest BCUT2D eigenvalue weighted by Gasteiger charge is -2.11. The molecule has 0 saturated heterocycles. The van der Waals surface area contributed by atoms with E-state index in [4.69, 9.17) is 4.74 Å². The van der Waals surface area contributed by atoms with Crippen LogP contribution in [0.25, 0.3) is 0 Å². The minimum Gasteiger partial charge on any atom is -0.492 e. The van der Waals surface area contributed by atoms with Gasteiger partial charge in [-0.25, -0.2) is 0 Å². The Morgan fingerprint density at radius 3 is 2.32 bits per heavy atom. The van der Waals surface area contributed by atoms with E-state index in [0.29, 0.717) is 0 Å². The largest absolute Gasteiger partial charge is 0.492 e. The van der Waals surface area contributed by atoms with E-state index in [1.54, 1.807) is 0 Å². The third kappa shape index (κ3) is 6.28. The highest BCUT2D eigenvalue weighted by atomic mass is 19.4. The summed E-state index contributed by atoms with van der Waals surface area (Å²) in [5, 5.41) is 5.18. The summed E-state index contributed by atoms with van der Waals surface area (Å²) in [7, 11) is 0. The van der Waals surface area contributed by atoms with E-state index in [1.165, 1.54) is 12.1 Å². The molecular weight excluding hydrogens is 337 g/mol. The Hall–Kier alpha value is -2.25. The second-order valence-corrected chi connectivity index (χ2v) is 5.92. The zero-order chi connectivity index (χ0) is 18.3. The van der Waals surface area contributed by atoms with E-state index >= 15 is 0 Å². The fourth-order valence-corrected chi connectivity index (χ4v) is 2.66. The van der Waals surface area contributed by atoms with Crippen LogP contribution in [0.1, 0.15) is 31.2 Å². The standard InChI is InChI=1S/C17H21F3N2O3/c18-17(19,20)13-5-7-14(8-6-13)25-10-9-21-15(23)11-22-16(24)12-3-1-2-4-12/h5-8,12H,1-4,9-11H2,(H,21,23)(H,22,24). The zero-order valence-corrected chi connectivity index (χ0v) is 13.7. The number of amides is 2. The normalized spacial score (nSPS) is 15.0. The van der Waals surface area contributed by atoms with E-state index in [9.17, 15) is 22.8 Å². The van der Waals surface area contributed by atoms with Crippen LogP contribution in [0.3, 0.4) is 0 Å². The minimum absolute atomic E-state index is 0.0100. The van der Waals surface area contributed by atoms with Gasteiger partial charge >= 0.3 is 6.18 Å². The molecule has 1 aromatic carbocycles. The molecule has 0 aromatic heterocycles. The number of carbonyl (C=O) groups is 2. The average Bonchev–Trinajstić information content (AvgIpc) is 3.11. The Bertz CT molecular complexity index is 582. The summed E-state index contributed by atoms with van der Waals surface area (Å²) in [6, 6.07) is 4.33. The first-order valence-corrected chi connectivity index (χ1v) is 8.21. The SMILES string of the molecule is O=C(CNC(=O)C1CCCC1)NCCOc1ccc(C(F)(F)F)cc1. The van der Waals surface area contributed by atoms with Crippen molar-refractivity contribution in [3.8, 4) is 5.75 Å². The van der Waals surface area contributed by atoms with Gasteiger partial charge in [0, 0.05) is 5.92 Å². The second kappa shape index (κ2) is 8.73. The third-order valence-electron chi connectivity index (χ3n) is 4.02. The van der Waals surface area contributed by atoms with Gasteiger partial charge in [-0.2, -0.15) is 13.2 Å². The molecule has 0 unspecified atom stereocenters. The molecule has 138 valence electrons. The van der Waals surface area contributed by atoms with Crippen LogP contribution in [0.5, 0.6) is 5.75 Å². The fraction of sp³-hybridized carbons (Fsp3) is 0.529. The topological polar surface area (TPSA) is 67.4 Å². The molecule has 2 N–H and O–H groups in total. The van der Waals surface area contributed by atoms with E-state index in [0.717, 1.165) is 37.8 Å². The van der Waals surface area contributed by atoms with E-state index < -0.39 is 11.7 Å². The van der Waals surface area contributed by atoms with Gasteiger partial charge in [0.1, 0.15) is 12.4 Å². The molecule has 5 nitrogen and oxygen atoms in total. The summed E-state index contributed by atoms with van der Waals surface area (Å²) in [5.74, 6) is -0.122. The van der Waals surface area contributed by atoms with Gasteiger partial charge in [-0.05, 0) is 37.1 Å². The maximum absolute atomic E-state index is 12.4. The smallest absolute Gasteiger partial charge is 0.416 e. The maximum Gasteiger partial charge on any atom is 0.416 e. The molecular formula is C17H21F3N2O3. The number of carbonyl (C=O) groups excluding carboxylic acids is 2. The molecule has 1 saturated carbocycles. The van der Waals surface area contributed by atoms with Crippen LogP contribution in [0.4, 0.5) is 13.2 Å². The first kappa shape index (κ1) is 19.1. The summed E-state index contributed by atoms with van der Waals surface area (Å²) in [5.41, 5.74) is -0.744. The van der Waals surface area contributed by atoms with Crippen LogP contribution in [0.2, 0.25) is 0 Å². The summed E-state index contributed by atoms with van der Waals surface area (Å²) in [6.45, 7) is 0.225. The van der Waals surface area contributed by atoms with E-state index in [2.05, 4.69) is 10.6 Å². The van der Waals surface area contributed by atoms with Crippen molar-refractivity contribution in [2.24, 2.45) is 5.92 Å². The maximum atomic E-state index is 12.4. The number of rotatable bonds is 7. The fourth-order valence-electron chi connectivity index (χ4n) is 2.66. The van der Waals surface area contributed by atoms with Crippen LogP contribution >= 0.6 is 0 Å². The molecule has 1 aliphatic rings. The highest BCUT2D eigenvalue weighted by Crippen LogP contribution is 2.30. The van der Waals surface area contributed by atoms with Gasteiger partial charge in [0.25, 0.3) is 0 Å². The number of benzene rings is 1. The van der Waals surface area contributed by atoms with Crippen molar-refractivity contribution in [1.29, 1.82) is 0 Å². The molecule has 1 aromatic rings. The Morgan fingerprint density at radius 2 is 1.72 bits per heavy atom. The lowest BCUT2D eigenvalue weighted by atomic mass is 10.1. The lowest BCUT2D eigenvalue weighted by molar-refractivity contribution is -0.137. The highest BCUT2D eigenvalue weighted by molar-refractivity contribution is 5.85. The first-order chi connectivity index (χ1) is 11.9. The van der Waals surface area contributed by atoms with Crippen molar-refractivity contribution in [2.45, 2.75) is 31.9 Å². The Balaban J connectivity index is 1.60. The molecule has 1 aliphatic carbocycles. The molecule has 0 spiro atoms. The van der Waals surface area contributed by atoms with Crippen molar-refractivity contribution >= 4 is 11.8 Å². The number of hydrogen-bond acceptors (Lipinski definition) is 3. The van der Waals surface area contributed by atoms with Gasteiger partial charge in [0.2, 0.25) is 11.8 Å². The number of halogens is 3. The van der Waals surface area contributed by atoms with Crippen LogP contribution < -0.4 is 15.4 Å². The molecule has 0 atom stereocenters. The Morgan fingerprint density at radius 1 is 1.08 bits per heavy atom. The van der Waals surface area contributed by atoms with Crippen molar-refractivity contribution in [3.63, 3.8) is 0 Å². The van der Waals surface area contributed by atoms with Crippen LogP contribution in [0, 0.1) is 5.92 Å². The monoisotopic (exact) mass is 358 g/mol. The highest BCUT2D eigenvalue weighted by Gasteiger charge is 2.30. The first-order valence-electron chi connectivity index (χ1n) is 8.21. The summed E-state index contributed by atoms with van der Waals surface area (Å²) < 4.78 is 42.5. The number of ether oxygens (including phenoxy) is 1. The Labute approximate surface area is 143 Å². The van der Waals surface area contributed by atoms with Crippen LogP contribution in [-0.4, -0.2) is 31.5 Å². The van der Waals surface area contributed by atoms with Gasteiger partial charge in [0.05, 0.1) is 18.7 Å². The number of alkyl halides is 3. The molecule has 0 bridgehead atoms. The second-order valence-electron chi connectivity index (χ2n) is 5.92. The van der Waals surface area contributed by atoms with Crippen molar-refractivity contribution < 1.29 is 27.5 Å². The lowest BCUT2D eigenvalue weighted by Crippen LogP contribution is -2.40. The van der Waals surface area contributed by atoms with E-state index in [-0.39, 0.29) is 43.2 Å². The zero-order valence-electron chi connectivity index (χ0n) is 13.7. The molecule has 0 radical (unpaired) electrons. The van der Waals surface area contributed by atoms with Gasteiger partial charge in [0.15, 0.2) is 0 Å². The quantitative estimate of drug-likeness (QED) is 0.736.